The van der Waals surface area contributed by atoms with Crippen molar-refractivity contribution in [2.24, 2.45) is 11.2 Å². The highest BCUT2D eigenvalue weighted by atomic mass is 32.2. The van der Waals surface area contributed by atoms with Gasteiger partial charge < -0.3 is 9.94 Å². The topological polar surface area (TPSA) is 158 Å². The van der Waals surface area contributed by atoms with Gasteiger partial charge in [-0.15, -0.1) is 5.01 Å². The molecule has 0 aliphatic carbocycles. The van der Waals surface area contributed by atoms with Crippen LogP contribution in [0.15, 0.2) is 95.1 Å². The summed E-state index contributed by atoms with van der Waals surface area (Å²) in [5, 5.41) is 20.6. The van der Waals surface area contributed by atoms with Crippen LogP contribution in [-0.2, 0) is 30.6 Å². The Morgan fingerprint density at radius 2 is 1.73 bits per heavy atom. The number of sulfonamides is 1. The molecule has 1 aliphatic rings. The van der Waals surface area contributed by atoms with Gasteiger partial charge in [-0.25, -0.2) is 22.6 Å². The van der Waals surface area contributed by atoms with Crippen LogP contribution in [0.1, 0.15) is 35.0 Å². The van der Waals surface area contributed by atoms with Crippen LogP contribution in [-0.4, -0.2) is 59.4 Å². The minimum absolute atomic E-state index is 0.0501. The molecule has 2 unspecified atom stereocenters. The molecule has 3 aromatic carbocycles. The first-order chi connectivity index (χ1) is 22.7. The van der Waals surface area contributed by atoms with Crippen LogP contribution in [0.4, 0.5) is 13.2 Å². The van der Waals surface area contributed by atoms with E-state index in [1.165, 1.54) is 31.2 Å². The van der Waals surface area contributed by atoms with Gasteiger partial charge in [0.05, 0.1) is 45.8 Å². The second kappa shape index (κ2) is 13.7. The molecule has 1 amide bonds. The molecule has 2 heterocycles. The number of nitrogens with zero attached hydrogens (tertiary/aromatic N) is 5. The Morgan fingerprint density at radius 1 is 1.06 bits per heavy atom. The number of hydrogen-bond donors (Lipinski definition) is 1. The SMILES string of the molecule is Cc1ccc(-c2cc(C(F)(F)F)nn2-c2ccc(S(=O)(=O)NC(=O)C3CCN(/[N+]([O-])=N\OC(C)OC(=O)c4ccccc4)C3)cc2)cc1. The summed E-state index contributed by atoms with van der Waals surface area (Å²) in [5.41, 5.74) is 0.828. The summed E-state index contributed by atoms with van der Waals surface area (Å²) in [6.45, 7) is 3.06. The van der Waals surface area contributed by atoms with Gasteiger partial charge in [-0.1, -0.05) is 48.0 Å². The van der Waals surface area contributed by atoms with Crippen molar-refractivity contribution in [3.63, 3.8) is 0 Å². The maximum Gasteiger partial charge on any atom is 0.435 e. The van der Waals surface area contributed by atoms with Crippen molar-refractivity contribution in [2.75, 3.05) is 13.1 Å². The minimum atomic E-state index is -4.71. The molecule has 0 radical (unpaired) electrons. The number of carbonyl (C=O) groups excluding carboxylic acids is 2. The first-order valence-electron chi connectivity index (χ1n) is 14.5. The van der Waals surface area contributed by atoms with Gasteiger partial charge in [0.25, 0.3) is 16.3 Å². The Balaban J connectivity index is 1.21. The molecule has 4 aromatic rings. The number of ether oxygens (including phenoxy) is 1. The Kier molecular flexibility index (Phi) is 9.69. The van der Waals surface area contributed by atoms with E-state index >= 15 is 0 Å². The standard InChI is InChI=1S/C31H29F3N6O7S/c1-20-8-10-22(11-9-20)27-18-28(31(32,33)34)35-39(27)25-12-14-26(15-13-25)48(44,45)36-29(41)24-16-17-38(19-24)40(43)37-47-21(2)46-30(42)23-6-4-3-5-7-23/h3-15,18,21,24H,16-17,19H2,1-2H3,(H,36,41)/b40-37+. The van der Waals surface area contributed by atoms with Gasteiger partial charge in [-0.05, 0) is 55.8 Å². The molecule has 17 heteroatoms. The number of rotatable bonds is 10. The average molecular weight is 687 g/mol. The first-order valence-corrected chi connectivity index (χ1v) is 16.0. The Morgan fingerprint density at radius 3 is 2.38 bits per heavy atom. The number of aryl methyl sites for hydroxylation is 1. The zero-order valence-corrected chi connectivity index (χ0v) is 26.3. The minimum Gasteiger partial charge on any atom is -0.569 e. The van der Waals surface area contributed by atoms with Gasteiger partial charge in [0, 0.05) is 12.5 Å². The van der Waals surface area contributed by atoms with Gasteiger partial charge in [-0.3, -0.25) is 9.63 Å². The Bertz CT molecular complexity index is 1920. The fraction of sp³-hybridized carbons (Fsp3) is 0.258. The van der Waals surface area contributed by atoms with Crippen LogP contribution >= 0.6 is 0 Å². The van der Waals surface area contributed by atoms with E-state index in [4.69, 9.17) is 9.57 Å². The zero-order chi connectivity index (χ0) is 34.6. The van der Waals surface area contributed by atoms with Crippen molar-refractivity contribution in [3.8, 4) is 16.9 Å². The van der Waals surface area contributed by atoms with Crippen molar-refractivity contribution < 1.29 is 45.7 Å². The van der Waals surface area contributed by atoms with Crippen molar-refractivity contribution in [1.29, 1.82) is 0 Å². The summed E-state index contributed by atoms with van der Waals surface area (Å²) >= 11 is 0. The summed E-state index contributed by atoms with van der Waals surface area (Å²) in [6, 6.07) is 20.6. The van der Waals surface area contributed by atoms with Gasteiger partial charge in [0.15, 0.2) is 5.69 Å². The molecule has 5 rings (SSSR count). The van der Waals surface area contributed by atoms with Crippen LogP contribution in [0.3, 0.4) is 0 Å². The maximum atomic E-state index is 13.5. The molecule has 1 N–H and O–H groups in total. The largest absolute Gasteiger partial charge is 0.569 e. The number of benzene rings is 3. The lowest BCUT2D eigenvalue weighted by Gasteiger charge is -2.14. The Labute approximate surface area is 272 Å². The number of carbonyl (C=O) groups is 2. The number of aromatic nitrogens is 2. The predicted octanol–water partition coefficient (Wildman–Crippen LogP) is 5.01. The van der Waals surface area contributed by atoms with E-state index in [0.29, 0.717) is 5.56 Å². The summed E-state index contributed by atoms with van der Waals surface area (Å²) in [6.07, 6.45) is -5.80. The van der Waals surface area contributed by atoms with E-state index in [1.54, 1.807) is 42.5 Å². The highest BCUT2D eigenvalue weighted by Crippen LogP contribution is 2.33. The zero-order valence-electron chi connectivity index (χ0n) is 25.5. The summed E-state index contributed by atoms with van der Waals surface area (Å²) < 4.78 is 74.7. The third-order valence-electron chi connectivity index (χ3n) is 7.30. The lowest BCUT2D eigenvalue weighted by Crippen LogP contribution is -2.37. The summed E-state index contributed by atoms with van der Waals surface area (Å²) in [4.78, 5) is 29.7. The number of nitrogens with one attached hydrogen (secondary N) is 1. The second-order valence-electron chi connectivity index (χ2n) is 10.8. The molecule has 1 aliphatic heterocycles. The number of alkyl halides is 3. The molecule has 48 heavy (non-hydrogen) atoms. The van der Waals surface area contributed by atoms with Crippen LogP contribution in [0.5, 0.6) is 0 Å². The fourth-order valence-electron chi connectivity index (χ4n) is 4.77. The average Bonchev–Trinajstić information content (AvgIpc) is 3.73. The van der Waals surface area contributed by atoms with E-state index < -0.39 is 46.0 Å². The van der Waals surface area contributed by atoms with Gasteiger partial charge in [0.1, 0.15) is 0 Å². The first kappa shape index (κ1) is 33.9. The quantitative estimate of drug-likeness (QED) is 0.0796. The van der Waals surface area contributed by atoms with Gasteiger partial charge >= 0.3 is 12.1 Å². The lowest BCUT2D eigenvalue weighted by molar-refractivity contribution is -0.709. The second-order valence-corrected chi connectivity index (χ2v) is 12.5. The number of esters is 1. The molecule has 13 nitrogen and oxygen atoms in total. The van der Waals surface area contributed by atoms with Crippen molar-refractivity contribution in [2.45, 2.75) is 37.6 Å². The highest BCUT2D eigenvalue weighted by molar-refractivity contribution is 7.90. The van der Waals surface area contributed by atoms with Crippen molar-refractivity contribution in [1.82, 2.24) is 19.5 Å². The molecular formula is C31H29F3N6O7S. The summed E-state index contributed by atoms with van der Waals surface area (Å²) in [5.74, 6) is -2.46. The third-order valence-corrected chi connectivity index (χ3v) is 8.66. The third kappa shape index (κ3) is 7.91. The van der Waals surface area contributed by atoms with E-state index in [0.717, 1.165) is 33.5 Å². The Hall–Kier alpha value is -5.45. The lowest BCUT2D eigenvalue weighted by atomic mass is 10.1. The van der Waals surface area contributed by atoms with Crippen LogP contribution in [0, 0.1) is 18.0 Å². The number of hydrogen-bond acceptors (Lipinski definition) is 9. The van der Waals surface area contributed by atoms with Crippen LogP contribution in [0.25, 0.3) is 16.9 Å². The number of halogens is 3. The normalized spacial score (nSPS) is 16.0. The molecule has 1 aromatic heterocycles. The maximum absolute atomic E-state index is 13.5. The molecule has 1 fully saturated rings. The van der Waals surface area contributed by atoms with Gasteiger partial charge in [-0.2, -0.15) is 18.3 Å². The molecule has 0 spiro atoms. The van der Waals surface area contributed by atoms with E-state index in [1.807, 2.05) is 11.6 Å². The number of amides is 1. The van der Waals surface area contributed by atoms with E-state index in [-0.39, 0.29) is 46.3 Å². The predicted molar refractivity (Wildman–Crippen MR) is 162 cm³/mol. The fourth-order valence-corrected chi connectivity index (χ4v) is 5.82. The molecule has 2 atom stereocenters. The molecule has 252 valence electrons. The molecule has 1 saturated heterocycles. The van der Waals surface area contributed by atoms with Crippen molar-refractivity contribution >= 4 is 21.9 Å². The van der Waals surface area contributed by atoms with E-state index in [9.17, 15) is 36.4 Å². The van der Waals surface area contributed by atoms with Crippen LogP contribution in [0.2, 0.25) is 0 Å². The number of hydrazine groups is 1. The van der Waals surface area contributed by atoms with Gasteiger partial charge in [0.2, 0.25) is 11.2 Å². The van der Waals surface area contributed by atoms with Crippen LogP contribution < -0.4 is 4.72 Å². The monoisotopic (exact) mass is 686 g/mol. The summed E-state index contributed by atoms with van der Waals surface area (Å²) in [7, 11) is -4.39. The smallest absolute Gasteiger partial charge is 0.435 e. The molecule has 0 saturated carbocycles. The molecule has 0 bridgehead atoms. The van der Waals surface area contributed by atoms with E-state index in [2.05, 4.69) is 10.4 Å². The van der Waals surface area contributed by atoms with Crippen molar-refractivity contribution in [3.05, 3.63) is 107 Å². The highest BCUT2D eigenvalue weighted by Gasteiger charge is 2.36. The molecular weight excluding hydrogens is 657 g/mol.